The predicted molar refractivity (Wildman–Crippen MR) is 87.0 cm³/mol. The Bertz CT molecular complexity index is 642. The molecule has 3 nitrogen and oxygen atoms in total. The molecule has 0 saturated heterocycles. The smallest absolute Gasteiger partial charge is 0.137 e. The summed E-state index contributed by atoms with van der Waals surface area (Å²) in [5.41, 5.74) is 8.93. The van der Waals surface area contributed by atoms with Crippen molar-refractivity contribution in [3.8, 4) is 0 Å². The monoisotopic (exact) mass is 373 g/mol. The molecule has 0 aliphatic heterocycles. The minimum absolute atomic E-state index is 0.258. The zero-order chi connectivity index (χ0) is 15.6. The van der Waals surface area contributed by atoms with E-state index in [9.17, 15) is 4.39 Å². The number of halogens is 3. The molecule has 0 aliphatic rings. The molecular formula is C15H18BrClFN3. The first-order valence-electron chi connectivity index (χ1n) is 6.92. The first-order chi connectivity index (χ1) is 9.97. The molecule has 2 rings (SSSR count). The number of nitrogens with zero attached hydrogens (tertiary/aromatic N) is 2. The van der Waals surface area contributed by atoms with Gasteiger partial charge in [-0.25, -0.2) is 4.39 Å². The second kappa shape index (κ2) is 6.90. The predicted octanol–water partition coefficient (Wildman–Crippen LogP) is 4.26. The fraction of sp³-hybridized carbons (Fsp3) is 0.400. The van der Waals surface area contributed by atoms with Gasteiger partial charge in [-0.15, -0.1) is 0 Å². The van der Waals surface area contributed by atoms with Gasteiger partial charge >= 0.3 is 0 Å². The molecule has 0 fully saturated rings. The van der Waals surface area contributed by atoms with Crippen LogP contribution < -0.4 is 5.73 Å². The Balaban J connectivity index is 2.28. The molecule has 1 unspecified atom stereocenters. The number of aryl methyl sites for hydroxylation is 2. The molecule has 2 N–H and O–H groups in total. The van der Waals surface area contributed by atoms with Crippen LogP contribution in [0.4, 0.5) is 4.39 Å². The van der Waals surface area contributed by atoms with Crippen LogP contribution in [0, 0.1) is 5.82 Å². The summed E-state index contributed by atoms with van der Waals surface area (Å²) in [7, 11) is 0. The summed E-state index contributed by atoms with van der Waals surface area (Å²) in [4.78, 5) is 0. The van der Waals surface area contributed by atoms with Crippen LogP contribution in [0.3, 0.4) is 0 Å². The van der Waals surface area contributed by atoms with Crippen LogP contribution in [0.1, 0.15) is 36.8 Å². The molecule has 0 saturated carbocycles. The summed E-state index contributed by atoms with van der Waals surface area (Å²) >= 11 is 9.57. The van der Waals surface area contributed by atoms with Crippen LogP contribution in [0.2, 0.25) is 5.02 Å². The minimum Gasteiger partial charge on any atom is -0.324 e. The standard InChI is InChI=1S/C15H18BrClFN3/c1-3-13-15(17)14(21(4-2)20-13)8-12(19)9-5-6-11(18)10(16)7-9/h5-7,12H,3-4,8,19H2,1-2H3. The largest absolute Gasteiger partial charge is 0.324 e. The molecule has 0 bridgehead atoms. The zero-order valence-corrected chi connectivity index (χ0v) is 14.4. The average molecular weight is 375 g/mol. The maximum Gasteiger partial charge on any atom is 0.137 e. The van der Waals surface area contributed by atoms with Crippen molar-refractivity contribution in [3.05, 3.63) is 50.5 Å². The van der Waals surface area contributed by atoms with Crippen LogP contribution in [-0.4, -0.2) is 9.78 Å². The molecular weight excluding hydrogens is 357 g/mol. The lowest BCUT2D eigenvalue weighted by Crippen LogP contribution is -2.16. The second-order valence-electron chi connectivity index (χ2n) is 4.86. The fourth-order valence-electron chi connectivity index (χ4n) is 2.28. The summed E-state index contributed by atoms with van der Waals surface area (Å²) in [6.45, 7) is 4.79. The van der Waals surface area contributed by atoms with E-state index >= 15 is 0 Å². The van der Waals surface area contributed by atoms with Crippen molar-refractivity contribution in [3.63, 3.8) is 0 Å². The molecule has 1 heterocycles. The fourth-order valence-corrected chi connectivity index (χ4v) is 3.02. The lowest BCUT2D eigenvalue weighted by molar-refractivity contribution is 0.583. The Morgan fingerprint density at radius 3 is 2.71 bits per heavy atom. The van der Waals surface area contributed by atoms with Crippen molar-refractivity contribution < 1.29 is 4.39 Å². The molecule has 114 valence electrons. The number of rotatable bonds is 5. The molecule has 0 aliphatic carbocycles. The van der Waals surface area contributed by atoms with Gasteiger partial charge in [0.15, 0.2) is 0 Å². The summed E-state index contributed by atoms with van der Waals surface area (Å²) < 4.78 is 15.6. The van der Waals surface area contributed by atoms with E-state index in [1.54, 1.807) is 12.1 Å². The average Bonchev–Trinajstić information content (AvgIpc) is 2.78. The van der Waals surface area contributed by atoms with Gasteiger partial charge in [-0.1, -0.05) is 24.6 Å². The number of aromatic nitrogens is 2. The van der Waals surface area contributed by atoms with Crippen molar-refractivity contribution in [1.29, 1.82) is 0 Å². The molecule has 6 heteroatoms. The minimum atomic E-state index is -0.296. The summed E-state index contributed by atoms with van der Waals surface area (Å²) in [5, 5.41) is 5.18. The Hall–Kier alpha value is -0.910. The van der Waals surface area contributed by atoms with Crippen LogP contribution in [-0.2, 0) is 19.4 Å². The Labute approximate surface area is 137 Å². The van der Waals surface area contributed by atoms with Crippen LogP contribution in [0.15, 0.2) is 22.7 Å². The van der Waals surface area contributed by atoms with Gasteiger partial charge in [0, 0.05) is 19.0 Å². The van der Waals surface area contributed by atoms with E-state index in [1.807, 2.05) is 18.5 Å². The van der Waals surface area contributed by atoms with E-state index in [-0.39, 0.29) is 11.9 Å². The van der Waals surface area contributed by atoms with Crippen molar-refractivity contribution >= 4 is 27.5 Å². The van der Waals surface area contributed by atoms with Gasteiger partial charge in [0.1, 0.15) is 5.82 Å². The molecule has 21 heavy (non-hydrogen) atoms. The van der Waals surface area contributed by atoms with Gasteiger partial charge in [-0.05, 0) is 47.0 Å². The van der Waals surface area contributed by atoms with Crippen LogP contribution in [0.5, 0.6) is 0 Å². The van der Waals surface area contributed by atoms with Gasteiger partial charge < -0.3 is 5.73 Å². The first-order valence-corrected chi connectivity index (χ1v) is 8.09. The number of hydrogen-bond donors (Lipinski definition) is 1. The van der Waals surface area contributed by atoms with E-state index in [0.29, 0.717) is 15.9 Å². The maximum absolute atomic E-state index is 13.3. The van der Waals surface area contributed by atoms with Gasteiger partial charge in [0.2, 0.25) is 0 Å². The van der Waals surface area contributed by atoms with E-state index in [2.05, 4.69) is 21.0 Å². The third-order valence-corrected chi connectivity index (χ3v) is 4.52. The van der Waals surface area contributed by atoms with Crippen LogP contribution in [0.25, 0.3) is 0 Å². The Kier molecular flexibility index (Phi) is 5.41. The first kappa shape index (κ1) is 16.5. The summed E-state index contributed by atoms with van der Waals surface area (Å²) in [6, 6.07) is 4.56. The molecule has 1 aromatic heterocycles. The van der Waals surface area contributed by atoms with Crippen molar-refractivity contribution in [2.45, 2.75) is 39.3 Å². The van der Waals surface area contributed by atoms with Gasteiger partial charge in [-0.3, -0.25) is 4.68 Å². The van der Waals surface area contributed by atoms with E-state index < -0.39 is 0 Å². The lowest BCUT2D eigenvalue weighted by Gasteiger charge is -2.14. The number of benzene rings is 1. The molecule has 2 aromatic rings. The van der Waals surface area contributed by atoms with Gasteiger partial charge in [-0.2, -0.15) is 5.10 Å². The molecule has 1 aromatic carbocycles. The Morgan fingerprint density at radius 1 is 1.43 bits per heavy atom. The van der Waals surface area contributed by atoms with E-state index in [0.717, 1.165) is 29.9 Å². The summed E-state index contributed by atoms with van der Waals surface area (Å²) in [5.74, 6) is -0.296. The second-order valence-corrected chi connectivity index (χ2v) is 6.09. The zero-order valence-electron chi connectivity index (χ0n) is 12.0. The SMILES string of the molecule is CCc1nn(CC)c(CC(N)c2ccc(F)c(Br)c2)c1Cl. The molecule has 0 radical (unpaired) electrons. The van der Waals surface area contributed by atoms with E-state index in [4.69, 9.17) is 17.3 Å². The normalized spacial score (nSPS) is 12.7. The van der Waals surface area contributed by atoms with Gasteiger partial charge in [0.25, 0.3) is 0 Å². The van der Waals surface area contributed by atoms with Gasteiger partial charge in [0.05, 0.1) is 20.9 Å². The molecule has 0 spiro atoms. The highest BCUT2D eigenvalue weighted by Gasteiger charge is 2.18. The molecule has 1 atom stereocenters. The molecule has 0 amide bonds. The van der Waals surface area contributed by atoms with Crippen molar-refractivity contribution in [2.24, 2.45) is 5.73 Å². The highest BCUT2D eigenvalue weighted by atomic mass is 79.9. The van der Waals surface area contributed by atoms with E-state index in [1.165, 1.54) is 6.07 Å². The Morgan fingerprint density at radius 2 is 2.14 bits per heavy atom. The topological polar surface area (TPSA) is 43.8 Å². The van der Waals surface area contributed by atoms with Crippen molar-refractivity contribution in [1.82, 2.24) is 9.78 Å². The third-order valence-electron chi connectivity index (χ3n) is 3.48. The number of hydrogen-bond acceptors (Lipinski definition) is 2. The number of nitrogens with two attached hydrogens (primary N) is 1. The maximum atomic E-state index is 13.3. The van der Waals surface area contributed by atoms with Crippen molar-refractivity contribution in [2.75, 3.05) is 0 Å². The highest BCUT2D eigenvalue weighted by molar-refractivity contribution is 9.10. The van der Waals surface area contributed by atoms with Crippen LogP contribution >= 0.6 is 27.5 Å². The quantitative estimate of drug-likeness (QED) is 0.849. The lowest BCUT2D eigenvalue weighted by atomic mass is 10.0. The third kappa shape index (κ3) is 3.47. The summed E-state index contributed by atoms with van der Waals surface area (Å²) in [6.07, 6.45) is 1.36. The highest BCUT2D eigenvalue weighted by Crippen LogP contribution is 2.27.